The van der Waals surface area contributed by atoms with Crippen LogP contribution < -0.4 is 20.1 Å². The number of carbonyl (C=O) groups is 2. The van der Waals surface area contributed by atoms with E-state index in [9.17, 15) is 14.9 Å². The quantitative estimate of drug-likeness (QED) is 0.348. The molecule has 1 fully saturated rings. The Labute approximate surface area is 208 Å². The van der Waals surface area contributed by atoms with Crippen LogP contribution in [0.4, 0.5) is 5.69 Å². The van der Waals surface area contributed by atoms with Crippen molar-refractivity contribution in [1.29, 1.82) is 5.26 Å². The number of nitrogens with one attached hydrogen (secondary N) is 2. The van der Waals surface area contributed by atoms with Gasteiger partial charge in [0.05, 0.1) is 6.61 Å². The van der Waals surface area contributed by atoms with E-state index in [4.69, 9.17) is 9.47 Å². The summed E-state index contributed by atoms with van der Waals surface area (Å²) in [4.78, 5) is 24.9. The number of hydrogen-bond donors (Lipinski definition) is 2. The zero-order chi connectivity index (χ0) is 24.5. The Kier molecular flexibility index (Phi) is 9.11. The van der Waals surface area contributed by atoms with Crippen molar-refractivity contribution in [2.75, 3.05) is 18.5 Å². The molecule has 1 saturated carbocycles. The molecule has 0 aromatic heterocycles. The Bertz CT molecular complexity index is 1100. The van der Waals surface area contributed by atoms with Crippen molar-refractivity contribution in [1.82, 2.24) is 5.32 Å². The van der Waals surface area contributed by atoms with Crippen LogP contribution in [-0.2, 0) is 9.59 Å². The second kappa shape index (κ2) is 12.2. The van der Waals surface area contributed by atoms with Gasteiger partial charge in [-0.2, -0.15) is 5.26 Å². The molecule has 3 rings (SSSR count). The van der Waals surface area contributed by atoms with Gasteiger partial charge in [0.25, 0.3) is 11.8 Å². The number of anilines is 1. The maximum absolute atomic E-state index is 12.6. The van der Waals surface area contributed by atoms with Gasteiger partial charge < -0.3 is 20.1 Å². The second-order valence-corrected chi connectivity index (χ2v) is 8.94. The van der Waals surface area contributed by atoms with Gasteiger partial charge in [0.15, 0.2) is 18.1 Å². The van der Waals surface area contributed by atoms with E-state index in [-0.39, 0.29) is 30.0 Å². The second-order valence-electron chi connectivity index (χ2n) is 8.08. The van der Waals surface area contributed by atoms with Crippen molar-refractivity contribution in [3.05, 3.63) is 57.6 Å². The highest BCUT2D eigenvalue weighted by atomic mass is 79.9. The van der Waals surface area contributed by atoms with E-state index in [1.165, 1.54) is 6.08 Å². The first-order valence-electron chi connectivity index (χ1n) is 11.3. The molecule has 0 spiro atoms. The number of nitrogens with zero attached hydrogens (tertiary/aromatic N) is 1. The van der Waals surface area contributed by atoms with Crippen LogP contribution in [-0.4, -0.2) is 31.1 Å². The summed E-state index contributed by atoms with van der Waals surface area (Å²) in [6.07, 6.45) is 5.57. The minimum absolute atomic E-state index is 0.0150. The van der Waals surface area contributed by atoms with Gasteiger partial charge in [-0.25, -0.2) is 0 Å². The van der Waals surface area contributed by atoms with Crippen LogP contribution in [0.5, 0.6) is 11.5 Å². The van der Waals surface area contributed by atoms with Gasteiger partial charge in [0, 0.05) is 16.2 Å². The molecule has 0 saturated heterocycles. The summed E-state index contributed by atoms with van der Waals surface area (Å²) in [5.41, 5.74) is 2.40. The standard InChI is InChI=1S/C26H28BrN3O4/c1-3-33-23-13-18(12-19(15-28)26(32)30-20-6-4-5-7-20)22(27)14-24(23)34-16-25(31)29-21-10-8-17(2)9-11-21/h8-14,20H,3-7,16H2,1-2H3,(H,29,31)(H,30,32)/b19-12-. The van der Waals surface area contributed by atoms with Gasteiger partial charge in [0.2, 0.25) is 0 Å². The van der Waals surface area contributed by atoms with Crippen LogP contribution in [0.3, 0.4) is 0 Å². The van der Waals surface area contributed by atoms with E-state index in [0.29, 0.717) is 33.8 Å². The topological polar surface area (TPSA) is 100 Å². The first-order chi connectivity index (χ1) is 16.4. The predicted octanol–water partition coefficient (Wildman–Crippen LogP) is 5.14. The Hall–Kier alpha value is -3.31. The third-order valence-electron chi connectivity index (χ3n) is 5.41. The summed E-state index contributed by atoms with van der Waals surface area (Å²) >= 11 is 3.47. The van der Waals surface area contributed by atoms with Gasteiger partial charge in [0.1, 0.15) is 11.6 Å². The average Bonchev–Trinajstić information content (AvgIpc) is 3.32. The molecule has 1 aliphatic rings. The summed E-state index contributed by atoms with van der Waals surface area (Å²) in [6, 6.07) is 12.9. The summed E-state index contributed by atoms with van der Waals surface area (Å²) in [6.45, 7) is 3.98. The smallest absolute Gasteiger partial charge is 0.262 e. The Morgan fingerprint density at radius 1 is 1.15 bits per heavy atom. The van der Waals surface area contributed by atoms with E-state index in [1.807, 2.05) is 44.2 Å². The van der Waals surface area contributed by atoms with Crippen molar-refractivity contribution in [3.8, 4) is 17.6 Å². The van der Waals surface area contributed by atoms with Crippen LogP contribution >= 0.6 is 15.9 Å². The summed E-state index contributed by atoms with van der Waals surface area (Å²) in [5, 5.41) is 15.3. The van der Waals surface area contributed by atoms with Crippen LogP contribution in [0, 0.1) is 18.3 Å². The number of amides is 2. The molecule has 1 aliphatic carbocycles. The zero-order valence-electron chi connectivity index (χ0n) is 19.3. The van der Waals surface area contributed by atoms with Crippen molar-refractivity contribution in [2.24, 2.45) is 0 Å². The number of nitriles is 1. The van der Waals surface area contributed by atoms with Crippen molar-refractivity contribution in [2.45, 2.75) is 45.6 Å². The van der Waals surface area contributed by atoms with Crippen LogP contribution in [0.1, 0.15) is 43.7 Å². The van der Waals surface area contributed by atoms with E-state index in [0.717, 1.165) is 31.2 Å². The molecule has 0 radical (unpaired) electrons. The fourth-order valence-corrected chi connectivity index (χ4v) is 4.09. The number of ether oxygens (including phenoxy) is 2. The molecule has 178 valence electrons. The van der Waals surface area contributed by atoms with E-state index >= 15 is 0 Å². The third kappa shape index (κ3) is 7.09. The number of aryl methyl sites for hydroxylation is 1. The number of hydrogen-bond acceptors (Lipinski definition) is 5. The Balaban J connectivity index is 1.72. The molecule has 7 nitrogen and oxygen atoms in total. The summed E-state index contributed by atoms with van der Waals surface area (Å²) < 4.78 is 12.0. The van der Waals surface area contributed by atoms with E-state index in [1.54, 1.807) is 12.1 Å². The number of rotatable bonds is 9. The Morgan fingerprint density at radius 3 is 2.47 bits per heavy atom. The molecule has 34 heavy (non-hydrogen) atoms. The molecule has 8 heteroatoms. The van der Waals surface area contributed by atoms with Gasteiger partial charge in [-0.05, 0) is 62.6 Å². The lowest BCUT2D eigenvalue weighted by Gasteiger charge is -2.15. The van der Waals surface area contributed by atoms with Gasteiger partial charge >= 0.3 is 0 Å². The van der Waals surface area contributed by atoms with Gasteiger partial charge in [-0.15, -0.1) is 0 Å². The fourth-order valence-electron chi connectivity index (χ4n) is 3.66. The lowest BCUT2D eigenvalue weighted by molar-refractivity contribution is -0.118. The first-order valence-corrected chi connectivity index (χ1v) is 12.1. The molecular weight excluding hydrogens is 498 g/mol. The largest absolute Gasteiger partial charge is 0.490 e. The highest BCUT2D eigenvalue weighted by Crippen LogP contribution is 2.35. The van der Waals surface area contributed by atoms with Crippen LogP contribution in [0.2, 0.25) is 0 Å². The molecular formula is C26H28BrN3O4. The molecule has 0 unspecified atom stereocenters. The van der Waals surface area contributed by atoms with Gasteiger partial charge in [-0.1, -0.05) is 46.5 Å². The highest BCUT2D eigenvalue weighted by Gasteiger charge is 2.20. The number of halogens is 1. The molecule has 0 heterocycles. The van der Waals surface area contributed by atoms with Crippen molar-refractivity contribution >= 4 is 39.5 Å². The molecule has 2 N–H and O–H groups in total. The lowest BCUT2D eigenvalue weighted by atomic mass is 10.1. The minimum Gasteiger partial charge on any atom is -0.490 e. The zero-order valence-corrected chi connectivity index (χ0v) is 20.9. The minimum atomic E-state index is -0.382. The van der Waals surface area contributed by atoms with E-state index < -0.39 is 0 Å². The summed E-state index contributed by atoms with van der Waals surface area (Å²) in [7, 11) is 0. The van der Waals surface area contributed by atoms with Crippen LogP contribution in [0.25, 0.3) is 6.08 Å². The maximum Gasteiger partial charge on any atom is 0.262 e. The molecule has 2 amide bonds. The highest BCUT2D eigenvalue weighted by molar-refractivity contribution is 9.10. The Morgan fingerprint density at radius 2 is 1.82 bits per heavy atom. The fraction of sp³-hybridized carbons (Fsp3) is 0.346. The maximum atomic E-state index is 12.6. The summed E-state index contributed by atoms with van der Waals surface area (Å²) in [5.74, 6) is 0.0986. The first kappa shape index (κ1) is 25.3. The van der Waals surface area contributed by atoms with Crippen molar-refractivity contribution < 1.29 is 19.1 Å². The monoisotopic (exact) mass is 525 g/mol. The molecule has 0 bridgehead atoms. The third-order valence-corrected chi connectivity index (χ3v) is 6.10. The molecule has 2 aromatic rings. The number of carbonyl (C=O) groups excluding carboxylic acids is 2. The van der Waals surface area contributed by atoms with Crippen LogP contribution in [0.15, 0.2) is 46.4 Å². The number of benzene rings is 2. The van der Waals surface area contributed by atoms with Gasteiger partial charge in [-0.3, -0.25) is 9.59 Å². The molecule has 2 aromatic carbocycles. The average molecular weight is 526 g/mol. The molecule has 0 aliphatic heterocycles. The lowest BCUT2D eigenvalue weighted by Crippen LogP contribution is -2.33. The molecule has 0 atom stereocenters. The SMILES string of the molecule is CCOc1cc(/C=C(/C#N)C(=O)NC2CCCC2)c(Br)cc1OCC(=O)Nc1ccc(C)cc1. The normalized spacial score (nSPS) is 13.8. The predicted molar refractivity (Wildman–Crippen MR) is 135 cm³/mol. The van der Waals surface area contributed by atoms with Crippen molar-refractivity contribution in [3.63, 3.8) is 0 Å². The van der Waals surface area contributed by atoms with E-state index in [2.05, 4.69) is 26.6 Å².